The highest BCUT2D eigenvalue weighted by molar-refractivity contribution is 5.85. The largest absolute Gasteiger partial charge is 0.381 e. The minimum absolute atomic E-state index is 0. The van der Waals surface area contributed by atoms with Crippen LogP contribution in [0.2, 0.25) is 0 Å². The minimum atomic E-state index is -0.381. The number of carbonyl (C=O) groups excluding carboxylic acids is 1. The Morgan fingerprint density at radius 1 is 1.36 bits per heavy atom. The van der Waals surface area contributed by atoms with Crippen molar-refractivity contribution in [2.75, 3.05) is 53.5 Å². The molecule has 2 aliphatic rings. The summed E-state index contributed by atoms with van der Waals surface area (Å²) in [6.07, 6.45) is 3.98. The van der Waals surface area contributed by atoms with E-state index in [1.807, 2.05) is 11.9 Å². The maximum atomic E-state index is 12.8. The zero-order chi connectivity index (χ0) is 14.6. The molecule has 7 heteroatoms. The van der Waals surface area contributed by atoms with Gasteiger partial charge < -0.3 is 20.3 Å². The van der Waals surface area contributed by atoms with Gasteiger partial charge in [-0.3, -0.25) is 4.79 Å². The second-order valence-corrected chi connectivity index (χ2v) is 6.55. The van der Waals surface area contributed by atoms with Gasteiger partial charge in [0, 0.05) is 39.9 Å². The van der Waals surface area contributed by atoms with E-state index in [1.165, 1.54) is 19.4 Å². The third kappa shape index (κ3) is 5.24. The normalized spacial score (nSPS) is 24.8. The van der Waals surface area contributed by atoms with Crippen molar-refractivity contribution in [2.24, 2.45) is 17.1 Å². The van der Waals surface area contributed by atoms with Crippen LogP contribution in [-0.4, -0.2) is 69.2 Å². The Balaban J connectivity index is 0.00000220. The number of nitrogens with zero attached hydrogens (tertiary/aromatic N) is 2. The molecule has 0 saturated carbocycles. The summed E-state index contributed by atoms with van der Waals surface area (Å²) in [4.78, 5) is 17.1. The lowest BCUT2D eigenvalue weighted by Crippen LogP contribution is -2.51. The number of ether oxygens (including phenoxy) is 1. The van der Waals surface area contributed by atoms with Gasteiger partial charge in [-0.15, -0.1) is 24.8 Å². The third-order valence-electron chi connectivity index (χ3n) is 4.90. The summed E-state index contributed by atoms with van der Waals surface area (Å²) >= 11 is 0. The molecule has 1 atom stereocenters. The van der Waals surface area contributed by atoms with Gasteiger partial charge in [-0.05, 0) is 45.2 Å². The Morgan fingerprint density at radius 3 is 2.55 bits per heavy atom. The summed E-state index contributed by atoms with van der Waals surface area (Å²) in [5.74, 6) is 0.814. The Bertz CT molecular complexity index is 339. The van der Waals surface area contributed by atoms with E-state index in [-0.39, 0.29) is 36.1 Å². The number of hydrogen-bond acceptors (Lipinski definition) is 4. The molecule has 0 aromatic heterocycles. The molecule has 132 valence electrons. The lowest BCUT2D eigenvalue weighted by molar-refractivity contribution is -0.146. The Kier molecular flexibility index (Phi) is 9.90. The highest BCUT2D eigenvalue weighted by atomic mass is 35.5. The number of piperidine rings is 1. The molecule has 0 aromatic carbocycles. The van der Waals surface area contributed by atoms with Gasteiger partial charge in [0.05, 0.1) is 5.41 Å². The summed E-state index contributed by atoms with van der Waals surface area (Å²) in [7, 11) is 4.09. The summed E-state index contributed by atoms with van der Waals surface area (Å²) in [6, 6.07) is 0. The number of rotatable bonds is 4. The second kappa shape index (κ2) is 9.93. The van der Waals surface area contributed by atoms with E-state index in [0.717, 1.165) is 25.9 Å². The minimum Gasteiger partial charge on any atom is -0.381 e. The predicted molar refractivity (Wildman–Crippen MR) is 93.9 cm³/mol. The van der Waals surface area contributed by atoms with Crippen LogP contribution in [0.25, 0.3) is 0 Å². The highest BCUT2D eigenvalue weighted by Crippen LogP contribution is 2.31. The van der Waals surface area contributed by atoms with Crippen molar-refractivity contribution in [1.82, 2.24) is 9.80 Å². The van der Waals surface area contributed by atoms with Crippen LogP contribution in [0.15, 0.2) is 0 Å². The first kappa shape index (κ1) is 21.9. The van der Waals surface area contributed by atoms with Crippen LogP contribution in [0.1, 0.15) is 25.7 Å². The van der Waals surface area contributed by atoms with E-state index >= 15 is 0 Å². The molecular formula is C15H31Cl2N3O2. The van der Waals surface area contributed by atoms with Gasteiger partial charge in [0.15, 0.2) is 0 Å². The average Bonchev–Trinajstić information content (AvgIpc) is 2.47. The third-order valence-corrected chi connectivity index (χ3v) is 4.90. The lowest BCUT2D eigenvalue weighted by atomic mass is 9.78. The summed E-state index contributed by atoms with van der Waals surface area (Å²) in [5, 5.41) is 0. The van der Waals surface area contributed by atoms with Gasteiger partial charge in [-0.25, -0.2) is 0 Å². The first-order chi connectivity index (χ1) is 9.57. The molecule has 0 aliphatic carbocycles. The van der Waals surface area contributed by atoms with Gasteiger partial charge in [0.1, 0.15) is 0 Å². The van der Waals surface area contributed by atoms with Crippen LogP contribution >= 0.6 is 24.8 Å². The summed E-state index contributed by atoms with van der Waals surface area (Å²) in [6.45, 7) is 4.87. The number of nitrogens with two attached hydrogens (primary N) is 1. The maximum absolute atomic E-state index is 12.8. The molecule has 2 N–H and O–H groups in total. The molecule has 1 unspecified atom stereocenters. The molecular weight excluding hydrogens is 325 g/mol. The second-order valence-electron chi connectivity index (χ2n) is 6.55. The van der Waals surface area contributed by atoms with Crippen LogP contribution in [0.4, 0.5) is 0 Å². The SMILES string of the molecule is CN1CCCC(CN(C)C(=O)C2(CN)CCOCC2)C1.Cl.Cl. The van der Waals surface area contributed by atoms with Gasteiger partial charge in [-0.1, -0.05) is 0 Å². The van der Waals surface area contributed by atoms with Crippen LogP contribution in [0.5, 0.6) is 0 Å². The van der Waals surface area contributed by atoms with Crippen LogP contribution in [0.3, 0.4) is 0 Å². The molecule has 22 heavy (non-hydrogen) atoms. The van der Waals surface area contributed by atoms with Gasteiger partial charge in [0.25, 0.3) is 0 Å². The quantitative estimate of drug-likeness (QED) is 0.827. The summed E-state index contributed by atoms with van der Waals surface area (Å²) in [5.41, 5.74) is 5.54. The fourth-order valence-electron chi connectivity index (χ4n) is 3.56. The summed E-state index contributed by atoms with van der Waals surface area (Å²) < 4.78 is 5.39. The predicted octanol–water partition coefficient (Wildman–Crippen LogP) is 1.39. The fourth-order valence-corrected chi connectivity index (χ4v) is 3.56. The van der Waals surface area contributed by atoms with Crippen LogP contribution < -0.4 is 5.73 Å². The van der Waals surface area contributed by atoms with Crippen molar-refractivity contribution < 1.29 is 9.53 Å². The van der Waals surface area contributed by atoms with Crippen molar-refractivity contribution in [1.29, 1.82) is 0 Å². The molecule has 1 amide bonds. The fraction of sp³-hybridized carbons (Fsp3) is 0.933. The van der Waals surface area contributed by atoms with E-state index in [9.17, 15) is 4.79 Å². The average molecular weight is 356 g/mol. The number of likely N-dealkylation sites (tertiary alicyclic amines) is 1. The van der Waals surface area contributed by atoms with Crippen molar-refractivity contribution >= 4 is 30.7 Å². The van der Waals surface area contributed by atoms with Crippen LogP contribution in [0, 0.1) is 11.3 Å². The number of carbonyl (C=O) groups is 1. The molecule has 2 fully saturated rings. The monoisotopic (exact) mass is 355 g/mol. The molecule has 0 bridgehead atoms. The molecule has 2 rings (SSSR count). The molecule has 2 aliphatic heterocycles. The number of halogens is 2. The Hall–Kier alpha value is -0.0700. The molecule has 0 radical (unpaired) electrons. The standard InChI is InChI=1S/C15H29N3O2.2ClH/c1-17-7-3-4-13(10-17)11-18(2)14(19)15(12-16)5-8-20-9-6-15;;/h13H,3-12,16H2,1-2H3;2*1H. The highest BCUT2D eigenvalue weighted by Gasteiger charge is 2.40. The molecule has 0 aromatic rings. The van der Waals surface area contributed by atoms with Crippen molar-refractivity contribution in [3.63, 3.8) is 0 Å². The first-order valence-corrected chi connectivity index (χ1v) is 7.79. The van der Waals surface area contributed by atoms with Crippen molar-refractivity contribution in [3.05, 3.63) is 0 Å². The van der Waals surface area contributed by atoms with Crippen molar-refractivity contribution in [3.8, 4) is 0 Å². The zero-order valence-electron chi connectivity index (χ0n) is 13.8. The van der Waals surface area contributed by atoms with E-state index in [0.29, 0.717) is 25.7 Å². The number of amides is 1. The van der Waals surface area contributed by atoms with E-state index in [4.69, 9.17) is 10.5 Å². The van der Waals surface area contributed by atoms with Gasteiger partial charge in [0.2, 0.25) is 5.91 Å². The smallest absolute Gasteiger partial charge is 0.229 e. The topological polar surface area (TPSA) is 58.8 Å². The van der Waals surface area contributed by atoms with E-state index in [1.54, 1.807) is 0 Å². The van der Waals surface area contributed by atoms with Crippen molar-refractivity contribution in [2.45, 2.75) is 25.7 Å². The Labute approximate surface area is 146 Å². The molecule has 5 nitrogen and oxygen atoms in total. The zero-order valence-corrected chi connectivity index (χ0v) is 15.4. The lowest BCUT2D eigenvalue weighted by Gasteiger charge is -2.39. The van der Waals surface area contributed by atoms with Crippen LogP contribution in [-0.2, 0) is 9.53 Å². The molecule has 0 spiro atoms. The van der Waals surface area contributed by atoms with Gasteiger partial charge in [-0.2, -0.15) is 0 Å². The van der Waals surface area contributed by atoms with Gasteiger partial charge >= 0.3 is 0 Å². The van der Waals surface area contributed by atoms with E-state index in [2.05, 4.69) is 11.9 Å². The van der Waals surface area contributed by atoms with E-state index < -0.39 is 0 Å². The molecule has 2 heterocycles. The molecule has 2 saturated heterocycles. The number of hydrogen-bond donors (Lipinski definition) is 1. The Morgan fingerprint density at radius 2 is 2.00 bits per heavy atom. The maximum Gasteiger partial charge on any atom is 0.229 e. The first-order valence-electron chi connectivity index (χ1n) is 7.79.